The maximum atomic E-state index is 13.8. The lowest BCUT2D eigenvalue weighted by molar-refractivity contribution is -0.192. The van der Waals surface area contributed by atoms with Gasteiger partial charge in [0.25, 0.3) is 5.92 Å². The fraction of sp³-hybridized carbons (Fsp3) is 0.500. The number of methoxy groups -OCH3 is 1. The van der Waals surface area contributed by atoms with Crippen LogP contribution in [0.25, 0.3) is 0 Å². The van der Waals surface area contributed by atoms with Crippen molar-refractivity contribution in [3.05, 3.63) is 23.4 Å². The Hall–Kier alpha value is -2.48. The van der Waals surface area contributed by atoms with E-state index in [9.17, 15) is 22.0 Å². The molecule has 1 aromatic heterocycles. The Morgan fingerprint density at radius 1 is 1.52 bits per heavy atom. The number of ether oxygens (including phenoxy) is 1. The van der Waals surface area contributed by atoms with Crippen molar-refractivity contribution in [3.8, 4) is 11.9 Å². The van der Waals surface area contributed by atoms with E-state index in [0.29, 0.717) is 12.1 Å². The highest BCUT2D eigenvalue weighted by atomic mass is 19.4. The second kappa shape index (κ2) is 8.06. The van der Waals surface area contributed by atoms with Crippen molar-refractivity contribution in [2.24, 2.45) is 0 Å². The first-order valence-electron chi connectivity index (χ1n) is 6.85. The number of nitrogens with one attached hydrogen (secondary N) is 1. The molecule has 0 amide bonds. The first-order valence-corrected chi connectivity index (χ1v) is 6.85. The van der Waals surface area contributed by atoms with E-state index in [2.05, 4.69) is 10.3 Å². The summed E-state index contributed by atoms with van der Waals surface area (Å²) in [5.41, 5.74) is 0.543. The zero-order chi connectivity index (χ0) is 19.3. The van der Waals surface area contributed by atoms with Crippen LogP contribution in [0.2, 0.25) is 0 Å². The van der Waals surface area contributed by atoms with Gasteiger partial charge in [-0.25, -0.2) is 18.6 Å². The highest BCUT2D eigenvalue weighted by Crippen LogP contribution is 2.38. The summed E-state index contributed by atoms with van der Waals surface area (Å²) in [6.07, 6.45) is -3.93. The second-order valence-corrected chi connectivity index (χ2v) is 5.01. The van der Waals surface area contributed by atoms with Gasteiger partial charge in [-0.1, -0.05) is 0 Å². The number of nitriles is 1. The predicted molar refractivity (Wildman–Crippen MR) is 74.4 cm³/mol. The molecule has 2 heterocycles. The third-order valence-corrected chi connectivity index (χ3v) is 3.32. The lowest BCUT2D eigenvalue weighted by Crippen LogP contribution is -2.43. The van der Waals surface area contributed by atoms with E-state index in [1.54, 1.807) is 0 Å². The monoisotopic (exact) mass is 367 g/mol. The molecule has 25 heavy (non-hydrogen) atoms. The number of pyridine rings is 1. The van der Waals surface area contributed by atoms with Gasteiger partial charge in [-0.05, 0) is 11.6 Å². The number of hydrogen-bond donors (Lipinski definition) is 2. The summed E-state index contributed by atoms with van der Waals surface area (Å²) in [5, 5.41) is 19.0. The van der Waals surface area contributed by atoms with Crippen LogP contribution in [0.15, 0.2) is 12.3 Å². The van der Waals surface area contributed by atoms with Crippen LogP contribution in [0.4, 0.5) is 22.0 Å². The van der Waals surface area contributed by atoms with E-state index in [4.69, 9.17) is 19.9 Å². The Kier molecular flexibility index (Phi) is 6.63. The standard InChI is InChI=1S/C12H13F2N3O.C2HF3O2/c1-18-11-8(5-15)4-9(6-17-11)10-7-16-3-2-12(10,13)14;3-2(4,5)1(6)7/h4,6,10,16H,2-3,7H2,1H3;(H,6,7). The van der Waals surface area contributed by atoms with Gasteiger partial charge in [0.05, 0.1) is 13.0 Å². The summed E-state index contributed by atoms with van der Waals surface area (Å²) in [4.78, 5) is 12.8. The van der Waals surface area contributed by atoms with Gasteiger partial charge in [0.15, 0.2) is 0 Å². The molecule has 0 bridgehead atoms. The third-order valence-electron chi connectivity index (χ3n) is 3.32. The minimum atomic E-state index is -5.08. The van der Waals surface area contributed by atoms with Gasteiger partial charge in [0.2, 0.25) is 5.88 Å². The van der Waals surface area contributed by atoms with Crippen molar-refractivity contribution in [2.75, 3.05) is 20.2 Å². The lowest BCUT2D eigenvalue weighted by Gasteiger charge is -2.32. The molecular weight excluding hydrogens is 353 g/mol. The molecule has 0 aromatic carbocycles. The minimum absolute atomic E-state index is 0.160. The van der Waals surface area contributed by atoms with Gasteiger partial charge in [0.1, 0.15) is 11.6 Å². The maximum absolute atomic E-state index is 13.8. The zero-order valence-electron chi connectivity index (χ0n) is 12.9. The summed E-state index contributed by atoms with van der Waals surface area (Å²) in [7, 11) is 1.39. The zero-order valence-corrected chi connectivity index (χ0v) is 12.9. The first kappa shape index (κ1) is 20.6. The molecule has 1 saturated heterocycles. The fourth-order valence-electron chi connectivity index (χ4n) is 2.09. The summed E-state index contributed by atoms with van der Waals surface area (Å²) in [6.45, 7) is 0.490. The van der Waals surface area contributed by atoms with Crippen LogP contribution < -0.4 is 10.1 Å². The van der Waals surface area contributed by atoms with E-state index < -0.39 is 24.0 Å². The van der Waals surface area contributed by atoms with Crippen LogP contribution in [0.3, 0.4) is 0 Å². The molecule has 0 saturated carbocycles. The molecule has 1 atom stereocenters. The highest BCUT2D eigenvalue weighted by molar-refractivity contribution is 5.73. The molecule has 2 rings (SSSR count). The minimum Gasteiger partial charge on any atom is -0.480 e. The van der Waals surface area contributed by atoms with Crippen LogP contribution >= 0.6 is 0 Å². The molecule has 138 valence electrons. The smallest absolute Gasteiger partial charge is 0.480 e. The third kappa shape index (κ3) is 5.53. The van der Waals surface area contributed by atoms with Crippen LogP contribution in [0, 0.1) is 11.3 Å². The fourth-order valence-corrected chi connectivity index (χ4v) is 2.09. The van der Waals surface area contributed by atoms with Crippen LogP contribution in [-0.2, 0) is 4.79 Å². The van der Waals surface area contributed by atoms with Gasteiger partial charge in [-0.2, -0.15) is 18.4 Å². The van der Waals surface area contributed by atoms with Crippen molar-refractivity contribution in [3.63, 3.8) is 0 Å². The normalized spacial score (nSPS) is 19.2. The van der Waals surface area contributed by atoms with Gasteiger partial charge in [-0.3, -0.25) is 0 Å². The quantitative estimate of drug-likeness (QED) is 0.779. The van der Waals surface area contributed by atoms with Crippen LogP contribution in [-0.4, -0.2) is 48.4 Å². The van der Waals surface area contributed by atoms with Crippen LogP contribution in [0.1, 0.15) is 23.5 Å². The van der Waals surface area contributed by atoms with E-state index >= 15 is 0 Å². The van der Waals surface area contributed by atoms with E-state index in [1.165, 1.54) is 19.4 Å². The average molecular weight is 367 g/mol. The molecule has 0 aliphatic carbocycles. The summed E-state index contributed by atoms with van der Waals surface area (Å²) < 4.78 is 64.2. The number of rotatable bonds is 2. The number of halogens is 5. The largest absolute Gasteiger partial charge is 0.490 e. The maximum Gasteiger partial charge on any atom is 0.490 e. The van der Waals surface area contributed by atoms with Gasteiger partial charge >= 0.3 is 12.1 Å². The van der Waals surface area contributed by atoms with Gasteiger partial charge in [0, 0.05) is 25.7 Å². The number of aliphatic carboxylic acids is 1. The number of aromatic nitrogens is 1. The Morgan fingerprint density at radius 3 is 2.56 bits per heavy atom. The average Bonchev–Trinajstić information content (AvgIpc) is 2.53. The summed E-state index contributed by atoms with van der Waals surface area (Å²) in [6, 6.07) is 3.33. The van der Waals surface area contributed by atoms with E-state index in [1.807, 2.05) is 6.07 Å². The van der Waals surface area contributed by atoms with Crippen molar-refractivity contribution >= 4 is 5.97 Å². The van der Waals surface area contributed by atoms with E-state index in [-0.39, 0.29) is 24.4 Å². The molecule has 6 nitrogen and oxygen atoms in total. The molecule has 11 heteroatoms. The topological polar surface area (TPSA) is 95.2 Å². The molecule has 0 radical (unpaired) electrons. The molecule has 1 aliphatic heterocycles. The number of alkyl halides is 5. The summed E-state index contributed by atoms with van der Waals surface area (Å²) in [5.74, 6) is -6.31. The molecule has 2 N–H and O–H groups in total. The Bertz CT molecular complexity index is 658. The molecule has 1 aromatic rings. The number of carboxylic acids is 1. The number of carbonyl (C=O) groups is 1. The number of piperidine rings is 1. The van der Waals surface area contributed by atoms with Crippen molar-refractivity contribution < 1.29 is 36.6 Å². The molecule has 0 spiro atoms. The van der Waals surface area contributed by atoms with Gasteiger partial charge < -0.3 is 15.2 Å². The van der Waals surface area contributed by atoms with Crippen molar-refractivity contribution in [1.82, 2.24) is 10.3 Å². The first-order chi connectivity index (χ1) is 11.5. The predicted octanol–water partition coefficient (Wildman–Crippen LogP) is 2.31. The van der Waals surface area contributed by atoms with Crippen molar-refractivity contribution in [2.45, 2.75) is 24.4 Å². The molecular formula is C14H14F5N3O3. The second-order valence-electron chi connectivity index (χ2n) is 5.01. The molecule has 1 aliphatic rings. The Balaban J connectivity index is 0.000000381. The number of carboxylic acid groups (broad SMARTS) is 1. The van der Waals surface area contributed by atoms with E-state index in [0.717, 1.165) is 0 Å². The number of nitrogens with zero attached hydrogens (tertiary/aromatic N) is 2. The highest BCUT2D eigenvalue weighted by Gasteiger charge is 2.42. The Labute approximate surface area is 139 Å². The lowest BCUT2D eigenvalue weighted by atomic mass is 9.88. The van der Waals surface area contributed by atoms with Gasteiger partial charge in [-0.15, -0.1) is 0 Å². The molecule has 1 fully saturated rings. The SMILES string of the molecule is COc1ncc(C2CNCCC2(F)F)cc1C#N.O=C(O)C(F)(F)F. The van der Waals surface area contributed by atoms with Crippen LogP contribution in [0.5, 0.6) is 5.88 Å². The Morgan fingerprint density at radius 2 is 2.12 bits per heavy atom. The van der Waals surface area contributed by atoms with Crippen molar-refractivity contribution in [1.29, 1.82) is 5.26 Å². The number of hydrogen-bond acceptors (Lipinski definition) is 5. The molecule has 1 unspecified atom stereocenters. The summed E-state index contributed by atoms with van der Waals surface area (Å²) >= 11 is 0.